The smallest absolute Gasteiger partial charge is 0.263 e. The number of halogens is 2. The average Bonchev–Trinajstić information content (AvgIpc) is 2.41. The fraction of sp³-hybridized carbons (Fsp3) is 0.562. The lowest BCUT2D eigenvalue weighted by atomic mass is 10.1. The van der Waals surface area contributed by atoms with Gasteiger partial charge in [0.25, 0.3) is 5.91 Å². The quantitative estimate of drug-likeness (QED) is 0.813. The van der Waals surface area contributed by atoms with Gasteiger partial charge in [-0.1, -0.05) is 42.5 Å². The Morgan fingerprint density at radius 2 is 1.76 bits per heavy atom. The summed E-state index contributed by atoms with van der Waals surface area (Å²) in [6, 6.07) is 5.02. The molecule has 3 nitrogen and oxygen atoms in total. The summed E-state index contributed by atoms with van der Waals surface area (Å²) in [5, 5.41) is 0.977. The fourth-order valence-corrected chi connectivity index (χ4v) is 2.99. The molecule has 1 saturated heterocycles. The monoisotopic (exact) mass is 329 g/mol. The van der Waals surface area contributed by atoms with Gasteiger partial charge in [-0.3, -0.25) is 4.79 Å². The van der Waals surface area contributed by atoms with E-state index in [0.29, 0.717) is 15.8 Å². The van der Waals surface area contributed by atoms with E-state index in [1.807, 2.05) is 4.90 Å². The van der Waals surface area contributed by atoms with Crippen LogP contribution in [0.2, 0.25) is 10.0 Å². The van der Waals surface area contributed by atoms with Crippen LogP contribution in [-0.2, 0) is 4.79 Å². The first-order valence-corrected chi connectivity index (χ1v) is 8.24. The first-order chi connectivity index (χ1) is 10.1. The molecule has 1 unspecified atom stereocenters. The second-order valence-corrected chi connectivity index (χ2v) is 6.27. The molecule has 1 fully saturated rings. The number of benzene rings is 1. The van der Waals surface area contributed by atoms with Crippen molar-refractivity contribution in [1.29, 1.82) is 0 Å². The Labute approximate surface area is 136 Å². The molecule has 2 rings (SSSR count). The van der Waals surface area contributed by atoms with Crippen molar-refractivity contribution < 1.29 is 9.53 Å². The fourth-order valence-electron chi connectivity index (χ4n) is 2.54. The normalized spacial score (nSPS) is 17.8. The first-order valence-electron chi connectivity index (χ1n) is 7.48. The largest absolute Gasteiger partial charge is 0.479 e. The van der Waals surface area contributed by atoms with Gasteiger partial charge in [-0.15, -0.1) is 0 Å². The maximum absolute atomic E-state index is 12.5. The summed E-state index contributed by atoms with van der Waals surface area (Å²) in [5.41, 5.74) is 0. The van der Waals surface area contributed by atoms with E-state index in [-0.39, 0.29) is 5.91 Å². The van der Waals surface area contributed by atoms with Crippen LogP contribution in [0.25, 0.3) is 0 Å². The average molecular weight is 330 g/mol. The number of amides is 1. The highest BCUT2D eigenvalue weighted by Gasteiger charge is 2.23. The molecule has 0 aliphatic carbocycles. The number of rotatable bonds is 3. The number of nitrogens with zero attached hydrogens (tertiary/aromatic N) is 1. The van der Waals surface area contributed by atoms with Crippen LogP contribution in [-0.4, -0.2) is 30.0 Å². The van der Waals surface area contributed by atoms with E-state index in [9.17, 15) is 4.79 Å². The van der Waals surface area contributed by atoms with Gasteiger partial charge in [0.05, 0.1) is 5.02 Å². The van der Waals surface area contributed by atoms with Gasteiger partial charge >= 0.3 is 0 Å². The molecule has 0 bridgehead atoms. The SMILES string of the molecule is CC(Oc1ccc(Cl)cc1Cl)C(=O)N1CCCCCCC1. The number of hydrogen-bond acceptors (Lipinski definition) is 2. The number of hydrogen-bond donors (Lipinski definition) is 0. The highest BCUT2D eigenvalue weighted by Crippen LogP contribution is 2.28. The lowest BCUT2D eigenvalue weighted by Crippen LogP contribution is -2.42. The van der Waals surface area contributed by atoms with E-state index in [1.54, 1.807) is 25.1 Å². The minimum atomic E-state index is -0.539. The summed E-state index contributed by atoms with van der Waals surface area (Å²) in [5.74, 6) is 0.525. The van der Waals surface area contributed by atoms with E-state index in [4.69, 9.17) is 27.9 Å². The summed E-state index contributed by atoms with van der Waals surface area (Å²) >= 11 is 11.9. The van der Waals surface area contributed by atoms with Gasteiger partial charge in [-0.2, -0.15) is 0 Å². The molecule has 1 atom stereocenters. The molecule has 0 radical (unpaired) electrons. The van der Waals surface area contributed by atoms with Crippen molar-refractivity contribution >= 4 is 29.1 Å². The minimum Gasteiger partial charge on any atom is -0.479 e. The van der Waals surface area contributed by atoms with Crippen molar-refractivity contribution in [3.63, 3.8) is 0 Å². The van der Waals surface area contributed by atoms with Gasteiger partial charge in [-0.05, 0) is 38.0 Å². The molecule has 1 aromatic carbocycles. The van der Waals surface area contributed by atoms with E-state index >= 15 is 0 Å². The lowest BCUT2D eigenvalue weighted by Gasteiger charge is -2.27. The molecule has 0 aromatic heterocycles. The maximum Gasteiger partial charge on any atom is 0.263 e. The van der Waals surface area contributed by atoms with E-state index < -0.39 is 6.10 Å². The first kappa shape index (κ1) is 16.4. The Morgan fingerprint density at radius 3 is 2.38 bits per heavy atom. The zero-order chi connectivity index (χ0) is 15.2. The number of likely N-dealkylation sites (tertiary alicyclic amines) is 1. The van der Waals surface area contributed by atoms with Gasteiger partial charge in [0.2, 0.25) is 0 Å². The third-order valence-corrected chi connectivity index (χ3v) is 4.24. The van der Waals surface area contributed by atoms with Crippen LogP contribution in [0.3, 0.4) is 0 Å². The van der Waals surface area contributed by atoms with E-state index in [2.05, 4.69) is 0 Å². The Bertz CT molecular complexity index is 485. The highest BCUT2D eigenvalue weighted by atomic mass is 35.5. The van der Waals surface area contributed by atoms with Crippen molar-refractivity contribution in [2.24, 2.45) is 0 Å². The van der Waals surface area contributed by atoms with Crippen molar-refractivity contribution in [3.05, 3.63) is 28.2 Å². The van der Waals surface area contributed by atoms with Crippen LogP contribution in [0, 0.1) is 0 Å². The molecule has 116 valence electrons. The van der Waals surface area contributed by atoms with E-state index in [1.165, 1.54) is 19.3 Å². The molecule has 5 heteroatoms. The van der Waals surface area contributed by atoms with Gasteiger partial charge in [-0.25, -0.2) is 0 Å². The predicted octanol–water partition coefficient (Wildman–Crippen LogP) is 4.55. The molecular formula is C16H21Cl2NO2. The highest BCUT2D eigenvalue weighted by molar-refractivity contribution is 6.35. The topological polar surface area (TPSA) is 29.5 Å². The summed E-state index contributed by atoms with van der Waals surface area (Å²) < 4.78 is 5.71. The summed E-state index contributed by atoms with van der Waals surface area (Å²) in [4.78, 5) is 14.4. The minimum absolute atomic E-state index is 0.0305. The third-order valence-electron chi connectivity index (χ3n) is 3.71. The van der Waals surface area contributed by atoms with Crippen LogP contribution >= 0.6 is 23.2 Å². The van der Waals surface area contributed by atoms with Crippen LogP contribution in [0.15, 0.2) is 18.2 Å². The second kappa shape index (κ2) is 7.90. The van der Waals surface area contributed by atoms with Crippen molar-refractivity contribution in [1.82, 2.24) is 4.90 Å². The Kier molecular flexibility index (Phi) is 6.19. The zero-order valence-corrected chi connectivity index (χ0v) is 13.8. The molecule has 1 aliphatic heterocycles. The van der Waals surface area contributed by atoms with Gasteiger partial charge in [0.1, 0.15) is 5.75 Å². The van der Waals surface area contributed by atoms with Gasteiger partial charge in [0, 0.05) is 18.1 Å². The molecule has 21 heavy (non-hydrogen) atoms. The van der Waals surface area contributed by atoms with Crippen molar-refractivity contribution in [3.8, 4) is 5.75 Å². The number of carbonyl (C=O) groups is 1. The zero-order valence-electron chi connectivity index (χ0n) is 12.3. The second-order valence-electron chi connectivity index (χ2n) is 5.43. The van der Waals surface area contributed by atoms with Crippen molar-refractivity contribution in [2.75, 3.05) is 13.1 Å². The Morgan fingerprint density at radius 1 is 1.14 bits per heavy atom. The van der Waals surface area contributed by atoms with Crippen LogP contribution in [0.5, 0.6) is 5.75 Å². The molecular weight excluding hydrogens is 309 g/mol. The van der Waals surface area contributed by atoms with Crippen LogP contribution in [0.1, 0.15) is 39.0 Å². The van der Waals surface area contributed by atoms with Gasteiger partial charge < -0.3 is 9.64 Å². The standard InChI is InChI=1S/C16H21Cl2NO2/c1-12(21-15-8-7-13(17)11-14(15)18)16(20)19-9-5-3-2-4-6-10-19/h7-8,11-12H,2-6,9-10H2,1H3. The Hall–Kier alpha value is -0.930. The summed E-state index contributed by atoms with van der Waals surface area (Å²) in [7, 11) is 0. The van der Waals surface area contributed by atoms with Crippen LogP contribution in [0.4, 0.5) is 0 Å². The van der Waals surface area contributed by atoms with Crippen molar-refractivity contribution in [2.45, 2.75) is 45.1 Å². The lowest BCUT2D eigenvalue weighted by molar-refractivity contribution is -0.138. The molecule has 1 amide bonds. The van der Waals surface area contributed by atoms with Gasteiger partial charge in [0.15, 0.2) is 6.10 Å². The Balaban J connectivity index is 1.97. The predicted molar refractivity (Wildman–Crippen MR) is 86.2 cm³/mol. The number of ether oxygens (including phenoxy) is 1. The molecule has 1 aliphatic rings. The molecule has 0 saturated carbocycles. The maximum atomic E-state index is 12.5. The third kappa shape index (κ3) is 4.79. The summed E-state index contributed by atoms with van der Waals surface area (Å²) in [6.45, 7) is 3.41. The molecule has 0 spiro atoms. The summed E-state index contributed by atoms with van der Waals surface area (Å²) in [6.07, 6.45) is 5.27. The molecule has 1 aromatic rings. The number of carbonyl (C=O) groups excluding carboxylic acids is 1. The van der Waals surface area contributed by atoms with E-state index in [0.717, 1.165) is 25.9 Å². The molecule has 0 N–H and O–H groups in total. The van der Waals surface area contributed by atoms with Crippen LogP contribution < -0.4 is 4.74 Å². The molecule has 1 heterocycles.